The topological polar surface area (TPSA) is 70.4 Å². The number of imidazole rings is 1. The van der Waals surface area contributed by atoms with Crippen molar-refractivity contribution in [2.24, 2.45) is 0 Å². The maximum Gasteiger partial charge on any atom is 0.412 e. The molecule has 30 heavy (non-hydrogen) atoms. The molecule has 2 N–H and O–H groups in total. The Morgan fingerprint density at radius 1 is 1.20 bits per heavy atom. The quantitative estimate of drug-likeness (QED) is 0.680. The predicted molar refractivity (Wildman–Crippen MR) is 118 cm³/mol. The summed E-state index contributed by atoms with van der Waals surface area (Å²) in [6.07, 6.45) is 3.87. The van der Waals surface area contributed by atoms with E-state index in [0.717, 1.165) is 73.3 Å². The van der Waals surface area contributed by atoms with Crippen LogP contribution in [0.5, 0.6) is 0 Å². The second-order valence-corrected chi connectivity index (χ2v) is 8.53. The van der Waals surface area contributed by atoms with Crippen LogP contribution in [0.15, 0.2) is 42.5 Å². The maximum absolute atomic E-state index is 11.9. The summed E-state index contributed by atoms with van der Waals surface area (Å²) in [5.74, 6) is 1.07. The smallest absolute Gasteiger partial charge is 0.412 e. The Morgan fingerprint density at radius 3 is 2.77 bits per heavy atom. The molecule has 6 heteroatoms. The minimum absolute atomic E-state index is 0.0131. The van der Waals surface area contributed by atoms with Crippen LogP contribution in [0, 0.1) is 0 Å². The number of nitrogens with zero attached hydrogens (tertiary/aromatic N) is 3. The Bertz CT molecular complexity index is 1070. The van der Waals surface area contributed by atoms with Gasteiger partial charge in [-0.05, 0) is 56.8 Å². The van der Waals surface area contributed by atoms with Gasteiger partial charge in [0.15, 0.2) is 0 Å². The van der Waals surface area contributed by atoms with E-state index in [2.05, 4.69) is 40.2 Å². The minimum atomic E-state index is -0.886. The molecule has 2 aliphatic rings. The number of anilines is 1. The minimum Gasteiger partial charge on any atom is -0.465 e. The molecule has 0 radical (unpaired) electrons. The van der Waals surface area contributed by atoms with Gasteiger partial charge in [0.2, 0.25) is 0 Å². The van der Waals surface area contributed by atoms with Crippen molar-refractivity contribution in [1.82, 2.24) is 14.9 Å². The summed E-state index contributed by atoms with van der Waals surface area (Å²) in [6, 6.07) is 14.9. The predicted octanol–water partition coefficient (Wildman–Crippen LogP) is 4.37. The molecule has 156 valence electrons. The lowest BCUT2D eigenvalue weighted by molar-refractivity contribution is 0.198. The van der Waals surface area contributed by atoms with Gasteiger partial charge in [-0.25, -0.2) is 9.78 Å². The molecule has 3 aromatic rings. The van der Waals surface area contributed by atoms with Crippen molar-refractivity contribution in [3.05, 3.63) is 59.4 Å². The van der Waals surface area contributed by atoms with Crippen molar-refractivity contribution in [2.45, 2.75) is 51.1 Å². The molecule has 1 aromatic heterocycles. The van der Waals surface area contributed by atoms with Crippen LogP contribution in [0.4, 0.5) is 10.5 Å². The van der Waals surface area contributed by atoms with Crippen LogP contribution in [0.2, 0.25) is 0 Å². The molecule has 0 aliphatic carbocycles. The number of aryl methyl sites for hydroxylation is 1. The molecule has 2 atom stereocenters. The molecule has 0 unspecified atom stereocenters. The van der Waals surface area contributed by atoms with Gasteiger partial charge in [0, 0.05) is 30.6 Å². The Kier molecular flexibility index (Phi) is 4.95. The summed E-state index contributed by atoms with van der Waals surface area (Å²) in [4.78, 5) is 18.6. The number of aromatic nitrogens is 2. The molecule has 5 rings (SSSR count). The first-order chi connectivity index (χ1) is 14.6. The summed E-state index contributed by atoms with van der Waals surface area (Å²) >= 11 is 0. The monoisotopic (exact) mass is 404 g/mol. The fourth-order valence-electron chi connectivity index (χ4n) is 5.10. The number of carbonyl (C=O) groups is 1. The zero-order chi connectivity index (χ0) is 20.7. The van der Waals surface area contributed by atoms with Crippen molar-refractivity contribution >= 4 is 22.8 Å². The SMILES string of the molecule is C[C@H]1CCc2c(ccc3c2nc(Cc2ccccc2)n3[C@H]2CCCNC2)N1C(=O)O. The average molecular weight is 405 g/mol. The van der Waals surface area contributed by atoms with Crippen LogP contribution in [0.1, 0.15) is 49.2 Å². The molecule has 1 saturated heterocycles. The van der Waals surface area contributed by atoms with E-state index in [1.165, 1.54) is 10.5 Å². The third kappa shape index (κ3) is 3.25. The average Bonchev–Trinajstić information content (AvgIpc) is 3.12. The summed E-state index contributed by atoms with van der Waals surface area (Å²) in [5, 5.41) is 13.3. The molecule has 0 bridgehead atoms. The maximum atomic E-state index is 11.9. The van der Waals surface area contributed by atoms with Crippen LogP contribution in [0.25, 0.3) is 11.0 Å². The number of amides is 1. The van der Waals surface area contributed by atoms with E-state index in [4.69, 9.17) is 4.98 Å². The van der Waals surface area contributed by atoms with Gasteiger partial charge in [-0.2, -0.15) is 0 Å². The number of nitrogens with one attached hydrogen (secondary N) is 1. The van der Waals surface area contributed by atoms with Crippen LogP contribution in [0.3, 0.4) is 0 Å². The van der Waals surface area contributed by atoms with Gasteiger partial charge in [0.05, 0.1) is 16.7 Å². The van der Waals surface area contributed by atoms with Crippen molar-refractivity contribution in [1.29, 1.82) is 0 Å². The van der Waals surface area contributed by atoms with E-state index in [-0.39, 0.29) is 6.04 Å². The number of rotatable bonds is 3. The number of hydrogen-bond acceptors (Lipinski definition) is 3. The highest BCUT2D eigenvalue weighted by Crippen LogP contribution is 2.38. The number of carboxylic acid groups (broad SMARTS) is 1. The lowest BCUT2D eigenvalue weighted by Gasteiger charge is -2.33. The molecule has 1 fully saturated rings. The molecule has 3 heterocycles. The fraction of sp³-hybridized carbons (Fsp3) is 0.417. The van der Waals surface area contributed by atoms with Gasteiger partial charge in [-0.3, -0.25) is 4.90 Å². The third-order valence-corrected chi connectivity index (χ3v) is 6.57. The van der Waals surface area contributed by atoms with Crippen LogP contribution >= 0.6 is 0 Å². The van der Waals surface area contributed by atoms with Gasteiger partial charge in [-0.15, -0.1) is 0 Å². The molecule has 0 saturated carbocycles. The van der Waals surface area contributed by atoms with Crippen LogP contribution in [-0.4, -0.2) is 39.9 Å². The third-order valence-electron chi connectivity index (χ3n) is 6.57. The van der Waals surface area contributed by atoms with Crippen molar-refractivity contribution in [3.63, 3.8) is 0 Å². The van der Waals surface area contributed by atoms with E-state index in [1.807, 2.05) is 19.1 Å². The Morgan fingerprint density at radius 2 is 2.03 bits per heavy atom. The van der Waals surface area contributed by atoms with Crippen molar-refractivity contribution in [3.8, 4) is 0 Å². The number of fused-ring (bicyclic) bond motifs is 3. The Balaban J connectivity index is 1.67. The Labute approximate surface area is 176 Å². The lowest BCUT2D eigenvalue weighted by Crippen LogP contribution is -2.41. The van der Waals surface area contributed by atoms with Gasteiger partial charge >= 0.3 is 6.09 Å². The zero-order valence-electron chi connectivity index (χ0n) is 17.3. The summed E-state index contributed by atoms with van der Waals surface area (Å²) in [7, 11) is 0. The first kappa shape index (κ1) is 19.1. The summed E-state index contributed by atoms with van der Waals surface area (Å²) in [6.45, 7) is 4.00. The van der Waals surface area contributed by atoms with Crippen molar-refractivity contribution in [2.75, 3.05) is 18.0 Å². The highest BCUT2D eigenvalue weighted by atomic mass is 16.4. The highest BCUT2D eigenvalue weighted by Gasteiger charge is 2.31. The zero-order valence-corrected chi connectivity index (χ0v) is 17.3. The standard InChI is InChI=1S/C24H28N4O2/c1-16-9-10-19-20(27(16)24(29)30)11-12-21-23(19)26-22(14-17-6-3-2-4-7-17)28(21)18-8-5-13-25-15-18/h2-4,6-7,11-12,16,18,25H,5,8-10,13-15H2,1H3,(H,29,30)/t16-,18-/m0/s1. The summed E-state index contributed by atoms with van der Waals surface area (Å²) in [5.41, 5.74) is 5.22. The van der Waals surface area contributed by atoms with Gasteiger partial charge < -0.3 is 15.0 Å². The van der Waals surface area contributed by atoms with Gasteiger partial charge in [0.25, 0.3) is 0 Å². The second kappa shape index (κ2) is 7.76. The number of benzene rings is 2. The fourth-order valence-corrected chi connectivity index (χ4v) is 5.10. The second-order valence-electron chi connectivity index (χ2n) is 8.53. The van der Waals surface area contributed by atoms with Gasteiger partial charge in [0.1, 0.15) is 5.82 Å². The number of hydrogen-bond donors (Lipinski definition) is 2. The molecular weight excluding hydrogens is 376 g/mol. The first-order valence-corrected chi connectivity index (χ1v) is 10.9. The van der Waals surface area contributed by atoms with E-state index >= 15 is 0 Å². The van der Waals surface area contributed by atoms with E-state index in [0.29, 0.717) is 6.04 Å². The van der Waals surface area contributed by atoms with E-state index in [1.54, 1.807) is 0 Å². The molecule has 6 nitrogen and oxygen atoms in total. The van der Waals surface area contributed by atoms with Gasteiger partial charge in [-0.1, -0.05) is 30.3 Å². The molecular formula is C24H28N4O2. The molecule has 2 aromatic carbocycles. The Hall–Kier alpha value is -2.86. The van der Waals surface area contributed by atoms with E-state index < -0.39 is 6.09 Å². The molecule has 2 aliphatic heterocycles. The molecule has 0 spiro atoms. The largest absolute Gasteiger partial charge is 0.465 e. The first-order valence-electron chi connectivity index (χ1n) is 10.9. The number of piperidine rings is 1. The van der Waals surface area contributed by atoms with Crippen LogP contribution in [-0.2, 0) is 12.8 Å². The van der Waals surface area contributed by atoms with Crippen molar-refractivity contribution < 1.29 is 9.90 Å². The lowest BCUT2D eigenvalue weighted by atomic mass is 9.95. The highest BCUT2D eigenvalue weighted by molar-refractivity contribution is 5.94. The normalized spacial score (nSPS) is 21.6. The van der Waals surface area contributed by atoms with Crippen LogP contribution < -0.4 is 10.2 Å². The van der Waals surface area contributed by atoms with E-state index in [9.17, 15) is 9.90 Å². The summed E-state index contributed by atoms with van der Waals surface area (Å²) < 4.78 is 2.41. The molecule has 1 amide bonds.